The van der Waals surface area contributed by atoms with Crippen LogP contribution in [-0.2, 0) is 0 Å². The van der Waals surface area contributed by atoms with Gasteiger partial charge in [0.05, 0.1) is 6.20 Å². The smallest absolute Gasteiger partial charge is 0.271 e. The molecular weight excluding hydrogens is 336 g/mol. The number of hydrogen-bond donors (Lipinski definition) is 2. The minimum absolute atomic E-state index is 0.184. The summed E-state index contributed by atoms with van der Waals surface area (Å²) in [5.41, 5.74) is 0.815. The third kappa shape index (κ3) is 4.64. The number of carbonyl (C=O) groups excluding carboxylic acids is 2. The molecule has 0 unspecified atom stereocenters. The minimum Gasteiger partial charge on any atom is -0.350 e. The first-order valence-electron chi connectivity index (χ1n) is 6.25. The number of halogens is 1. The summed E-state index contributed by atoms with van der Waals surface area (Å²) >= 11 is 3.31. The van der Waals surface area contributed by atoms with Crippen LogP contribution in [0.4, 0.5) is 0 Å². The van der Waals surface area contributed by atoms with E-state index < -0.39 is 0 Å². The van der Waals surface area contributed by atoms with Gasteiger partial charge in [-0.1, -0.05) is 15.9 Å². The van der Waals surface area contributed by atoms with Crippen molar-refractivity contribution in [1.82, 2.24) is 20.6 Å². The van der Waals surface area contributed by atoms with E-state index in [9.17, 15) is 9.59 Å². The Hall–Kier alpha value is -2.28. The van der Waals surface area contributed by atoms with E-state index in [0.29, 0.717) is 18.7 Å². The fourth-order valence-corrected chi connectivity index (χ4v) is 1.83. The van der Waals surface area contributed by atoms with Crippen LogP contribution >= 0.6 is 15.9 Å². The Morgan fingerprint density at radius 1 is 1.00 bits per heavy atom. The number of amides is 2. The molecule has 0 aliphatic carbocycles. The lowest BCUT2D eigenvalue weighted by molar-refractivity contribution is 0.0925. The molecule has 1 aromatic heterocycles. The van der Waals surface area contributed by atoms with Gasteiger partial charge in [0, 0.05) is 35.5 Å². The van der Waals surface area contributed by atoms with E-state index in [1.54, 1.807) is 24.3 Å². The van der Waals surface area contributed by atoms with Gasteiger partial charge in [0.2, 0.25) is 0 Å². The Labute approximate surface area is 130 Å². The van der Waals surface area contributed by atoms with E-state index in [1.807, 2.05) is 0 Å². The van der Waals surface area contributed by atoms with E-state index in [-0.39, 0.29) is 17.5 Å². The maximum atomic E-state index is 11.8. The van der Waals surface area contributed by atoms with Gasteiger partial charge in [0.15, 0.2) is 0 Å². The SMILES string of the molecule is O=C(NCCNC(=O)c1cnccn1)c1ccc(Br)cc1. The van der Waals surface area contributed by atoms with Crippen molar-refractivity contribution in [1.29, 1.82) is 0 Å². The highest BCUT2D eigenvalue weighted by Crippen LogP contribution is 2.10. The fraction of sp³-hybridized carbons (Fsp3) is 0.143. The molecule has 0 fully saturated rings. The number of nitrogens with one attached hydrogen (secondary N) is 2. The van der Waals surface area contributed by atoms with Crippen LogP contribution in [0, 0.1) is 0 Å². The average Bonchev–Trinajstić information content (AvgIpc) is 2.52. The quantitative estimate of drug-likeness (QED) is 0.800. The van der Waals surface area contributed by atoms with Crippen LogP contribution in [-0.4, -0.2) is 34.9 Å². The standard InChI is InChI=1S/C14H13BrN4O2/c15-11-3-1-10(2-4-11)13(20)18-7-8-19-14(21)12-9-16-5-6-17-12/h1-6,9H,7-8H2,(H,18,20)(H,19,21). The lowest BCUT2D eigenvalue weighted by Gasteiger charge is -2.06. The number of carbonyl (C=O) groups is 2. The van der Waals surface area contributed by atoms with Crippen LogP contribution in [0.5, 0.6) is 0 Å². The second-order valence-corrected chi connectivity index (χ2v) is 5.03. The largest absolute Gasteiger partial charge is 0.350 e. The lowest BCUT2D eigenvalue weighted by atomic mass is 10.2. The van der Waals surface area contributed by atoms with Gasteiger partial charge in [-0.3, -0.25) is 14.6 Å². The number of hydrogen-bond acceptors (Lipinski definition) is 4. The monoisotopic (exact) mass is 348 g/mol. The fourth-order valence-electron chi connectivity index (χ4n) is 1.56. The van der Waals surface area contributed by atoms with Crippen molar-refractivity contribution in [3.8, 4) is 0 Å². The zero-order valence-electron chi connectivity index (χ0n) is 11.0. The molecule has 108 valence electrons. The predicted molar refractivity (Wildman–Crippen MR) is 80.8 cm³/mol. The van der Waals surface area contributed by atoms with E-state index in [1.165, 1.54) is 18.6 Å². The molecule has 0 aliphatic rings. The summed E-state index contributed by atoms with van der Waals surface area (Å²) < 4.78 is 0.912. The summed E-state index contributed by atoms with van der Waals surface area (Å²) in [6, 6.07) is 7.03. The van der Waals surface area contributed by atoms with Gasteiger partial charge in [-0.25, -0.2) is 4.98 Å². The topological polar surface area (TPSA) is 84.0 Å². The van der Waals surface area contributed by atoms with Crippen molar-refractivity contribution in [3.05, 3.63) is 58.6 Å². The average molecular weight is 349 g/mol. The first-order valence-corrected chi connectivity index (χ1v) is 7.04. The van der Waals surface area contributed by atoms with Crippen molar-refractivity contribution < 1.29 is 9.59 Å². The van der Waals surface area contributed by atoms with E-state index in [0.717, 1.165) is 4.47 Å². The molecule has 2 amide bonds. The predicted octanol–water partition coefficient (Wildman–Crippen LogP) is 1.40. The molecular formula is C14H13BrN4O2. The maximum absolute atomic E-state index is 11.8. The zero-order chi connectivity index (χ0) is 15.1. The molecule has 0 saturated carbocycles. The van der Waals surface area contributed by atoms with Crippen molar-refractivity contribution in [3.63, 3.8) is 0 Å². The number of aromatic nitrogens is 2. The molecule has 2 N–H and O–H groups in total. The summed E-state index contributed by atoms with van der Waals surface area (Å²) in [7, 11) is 0. The number of benzene rings is 1. The van der Waals surface area contributed by atoms with Crippen LogP contribution in [0.3, 0.4) is 0 Å². The van der Waals surface area contributed by atoms with Crippen molar-refractivity contribution in [2.24, 2.45) is 0 Å². The number of nitrogens with zero attached hydrogens (tertiary/aromatic N) is 2. The molecule has 0 saturated heterocycles. The molecule has 21 heavy (non-hydrogen) atoms. The highest BCUT2D eigenvalue weighted by molar-refractivity contribution is 9.10. The van der Waals surface area contributed by atoms with Crippen LogP contribution in [0.2, 0.25) is 0 Å². The van der Waals surface area contributed by atoms with E-state index in [4.69, 9.17) is 0 Å². The summed E-state index contributed by atoms with van der Waals surface area (Å²) in [5, 5.41) is 5.37. The van der Waals surface area contributed by atoms with Crippen LogP contribution in [0.25, 0.3) is 0 Å². The Morgan fingerprint density at radius 2 is 1.67 bits per heavy atom. The first-order chi connectivity index (χ1) is 10.2. The van der Waals surface area contributed by atoms with Crippen LogP contribution in [0.15, 0.2) is 47.3 Å². The second kappa shape index (κ2) is 7.49. The molecule has 6 nitrogen and oxygen atoms in total. The third-order valence-corrected chi connectivity index (χ3v) is 3.13. The first kappa shape index (κ1) is 15.1. The Morgan fingerprint density at radius 3 is 2.29 bits per heavy atom. The molecule has 0 radical (unpaired) electrons. The van der Waals surface area contributed by atoms with Crippen molar-refractivity contribution >= 4 is 27.7 Å². The molecule has 0 atom stereocenters. The molecule has 0 aliphatic heterocycles. The highest BCUT2D eigenvalue weighted by atomic mass is 79.9. The Bertz CT molecular complexity index is 617. The Balaban J connectivity index is 1.73. The molecule has 1 heterocycles. The summed E-state index contributed by atoms with van der Waals surface area (Å²) in [4.78, 5) is 31.2. The summed E-state index contributed by atoms with van der Waals surface area (Å²) in [5.74, 6) is -0.503. The second-order valence-electron chi connectivity index (χ2n) is 4.11. The van der Waals surface area contributed by atoms with Gasteiger partial charge in [-0.2, -0.15) is 0 Å². The van der Waals surface area contributed by atoms with Gasteiger partial charge < -0.3 is 10.6 Å². The van der Waals surface area contributed by atoms with Gasteiger partial charge in [-0.15, -0.1) is 0 Å². The van der Waals surface area contributed by atoms with Gasteiger partial charge in [-0.05, 0) is 24.3 Å². The molecule has 0 bridgehead atoms. The zero-order valence-corrected chi connectivity index (χ0v) is 12.6. The van der Waals surface area contributed by atoms with Gasteiger partial charge >= 0.3 is 0 Å². The molecule has 0 spiro atoms. The van der Waals surface area contributed by atoms with Crippen LogP contribution in [0.1, 0.15) is 20.8 Å². The molecule has 7 heteroatoms. The molecule has 1 aromatic carbocycles. The van der Waals surface area contributed by atoms with Crippen molar-refractivity contribution in [2.45, 2.75) is 0 Å². The summed E-state index contributed by atoms with van der Waals surface area (Å²) in [6.45, 7) is 0.651. The van der Waals surface area contributed by atoms with Crippen LogP contribution < -0.4 is 10.6 Å². The highest BCUT2D eigenvalue weighted by Gasteiger charge is 2.07. The minimum atomic E-state index is -0.319. The van der Waals surface area contributed by atoms with E-state index in [2.05, 4.69) is 36.5 Å². The molecule has 2 rings (SSSR count). The van der Waals surface area contributed by atoms with Crippen molar-refractivity contribution in [2.75, 3.05) is 13.1 Å². The lowest BCUT2D eigenvalue weighted by Crippen LogP contribution is -2.35. The Kier molecular flexibility index (Phi) is 5.39. The summed E-state index contributed by atoms with van der Waals surface area (Å²) in [6.07, 6.45) is 4.33. The number of rotatable bonds is 5. The third-order valence-electron chi connectivity index (χ3n) is 2.60. The van der Waals surface area contributed by atoms with Gasteiger partial charge in [0.1, 0.15) is 5.69 Å². The van der Waals surface area contributed by atoms with Gasteiger partial charge in [0.25, 0.3) is 11.8 Å². The van der Waals surface area contributed by atoms with E-state index >= 15 is 0 Å². The maximum Gasteiger partial charge on any atom is 0.271 e. The molecule has 2 aromatic rings. The normalized spacial score (nSPS) is 9.95.